The van der Waals surface area contributed by atoms with E-state index in [-0.39, 0.29) is 18.3 Å². The topological polar surface area (TPSA) is 82.5 Å². The summed E-state index contributed by atoms with van der Waals surface area (Å²) < 4.78 is 12.3. The molecule has 0 aliphatic carbocycles. The van der Waals surface area contributed by atoms with E-state index < -0.39 is 0 Å². The number of allylic oxidation sites excluding steroid dienone is 1. The molecule has 0 radical (unpaired) electrons. The Morgan fingerprint density at radius 2 is 2.12 bits per heavy atom. The predicted molar refractivity (Wildman–Crippen MR) is 93.7 cm³/mol. The lowest BCUT2D eigenvalue weighted by Gasteiger charge is -2.11. The molecule has 2 rings (SSSR count). The monoisotopic (exact) mass is 343 g/mol. The molecule has 0 unspecified atom stereocenters. The Balaban J connectivity index is 2.06. The van der Waals surface area contributed by atoms with Crippen molar-refractivity contribution in [1.29, 1.82) is 0 Å². The fraction of sp³-hybridized carbons (Fsp3) is 0.278. The molecule has 1 aromatic heterocycles. The van der Waals surface area contributed by atoms with Crippen molar-refractivity contribution in [3.05, 3.63) is 47.8 Å². The van der Waals surface area contributed by atoms with Crippen LogP contribution in [0.25, 0.3) is 6.08 Å². The highest BCUT2D eigenvalue weighted by Gasteiger charge is 2.08. The SMILES string of the molecule is CCNC(=O)COc1ccc(C=CC(=O)c2cnn(C)c2)cc1OC. The third-order valence-corrected chi connectivity index (χ3v) is 3.34. The van der Waals surface area contributed by atoms with Gasteiger partial charge in [-0.05, 0) is 30.7 Å². The lowest BCUT2D eigenvalue weighted by Crippen LogP contribution is -2.28. The van der Waals surface area contributed by atoms with E-state index in [2.05, 4.69) is 10.4 Å². The van der Waals surface area contributed by atoms with Crippen molar-refractivity contribution in [3.63, 3.8) is 0 Å². The summed E-state index contributed by atoms with van der Waals surface area (Å²) >= 11 is 0. The third-order valence-electron chi connectivity index (χ3n) is 3.34. The van der Waals surface area contributed by atoms with Crippen LogP contribution >= 0.6 is 0 Å². The van der Waals surface area contributed by atoms with Crippen molar-refractivity contribution < 1.29 is 19.1 Å². The average molecular weight is 343 g/mol. The van der Waals surface area contributed by atoms with Gasteiger partial charge in [-0.1, -0.05) is 12.1 Å². The van der Waals surface area contributed by atoms with E-state index in [1.807, 2.05) is 6.92 Å². The second-order valence-corrected chi connectivity index (χ2v) is 5.25. The maximum Gasteiger partial charge on any atom is 0.257 e. The van der Waals surface area contributed by atoms with Crippen LogP contribution in [0.4, 0.5) is 0 Å². The molecule has 1 heterocycles. The third kappa shape index (κ3) is 5.20. The summed E-state index contributed by atoms with van der Waals surface area (Å²) in [5, 5.41) is 6.63. The lowest BCUT2D eigenvalue weighted by molar-refractivity contribution is -0.123. The molecule has 0 saturated heterocycles. The van der Waals surface area contributed by atoms with E-state index in [9.17, 15) is 9.59 Å². The van der Waals surface area contributed by atoms with Crippen LogP contribution in [0.1, 0.15) is 22.8 Å². The maximum absolute atomic E-state index is 12.1. The van der Waals surface area contributed by atoms with Crippen LogP contribution in [0.2, 0.25) is 0 Å². The summed E-state index contributed by atoms with van der Waals surface area (Å²) in [5.74, 6) is 0.615. The first kappa shape index (κ1) is 18.3. The highest BCUT2D eigenvalue weighted by molar-refractivity contribution is 6.06. The van der Waals surface area contributed by atoms with E-state index >= 15 is 0 Å². The smallest absolute Gasteiger partial charge is 0.257 e. The summed E-state index contributed by atoms with van der Waals surface area (Å²) in [7, 11) is 3.27. The van der Waals surface area contributed by atoms with Gasteiger partial charge in [0.1, 0.15) is 0 Å². The van der Waals surface area contributed by atoms with Gasteiger partial charge >= 0.3 is 0 Å². The lowest BCUT2D eigenvalue weighted by atomic mass is 10.1. The normalized spacial score (nSPS) is 10.7. The van der Waals surface area contributed by atoms with Gasteiger partial charge in [-0.3, -0.25) is 14.3 Å². The second-order valence-electron chi connectivity index (χ2n) is 5.25. The van der Waals surface area contributed by atoms with Crippen LogP contribution in [0.5, 0.6) is 11.5 Å². The molecule has 0 aliphatic heterocycles. The molecule has 0 atom stereocenters. The molecule has 1 N–H and O–H groups in total. The van der Waals surface area contributed by atoms with Gasteiger partial charge in [-0.25, -0.2) is 0 Å². The zero-order valence-corrected chi connectivity index (χ0v) is 14.5. The van der Waals surface area contributed by atoms with Gasteiger partial charge in [-0.15, -0.1) is 0 Å². The van der Waals surface area contributed by atoms with Crippen molar-refractivity contribution in [2.45, 2.75) is 6.92 Å². The number of likely N-dealkylation sites (N-methyl/N-ethyl adjacent to an activating group) is 1. The van der Waals surface area contributed by atoms with Crippen LogP contribution in [-0.2, 0) is 11.8 Å². The Morgan fingerprint density at radius 3 is 2.76 bits per heavy atom. The number of aromatic nitrogens is 2. The fourth-order valence-corrected chi connectivity index (χ4v) is 2.12. The van der Waals surface area contributed by atoms with Crippen molar-refractivity contribution >= 4 is 17.8 Å². The van der Waals surface area contributed by atoms with Crippen molar-refractivity contribution in [3.8, 4) is 11.5 Å². The van der Waals surface area contributed by atoms with Gasteiger partial charge in [0.25, 0.3) is 5.91 Å². The van der Waals surface area contributed by atoms with Crippen molar-refractivity contribution in [2.75, 3.05) is 20.3 Å². The zero-order chi connectivity index (χ0) is 18.2. The Bertz CT molecular complexity index is 780. The van der Waals surface area contributed by atoms with Gasteiger partial charge in [0, 0.05) is 19.8 Å². The maximum atomic E-state index is 12.1. The molecule has 132 valence electrons. The van der Waals surface area contributed by atoms with E-state index in [1.165, 1.54) is 19.4 Å². The second kappa shape index (κ2) is 8.68. The fourth-order valence-electron chi connectivity index (χ4n) is 2.12. The largest absolute Gasteiger partial charge is 0.493 e. The highest BCUT2D eigenvalue weighted by Crippen LogP contribution is 2.28. The van der Waals surface area contributed by atoms with E-state index in [4.69, 9.17) is 9.47 Å². The van der Waals surface area contributed by atoms with Gasteiger partial charge < -0.3 is 14.8 Å². The summed E-state index contributed by atoms with van der Waals surface area (Å²) in [4.78, 5) is 23.5. The minimum Gasteiger partial charge on any atom is -0.493 e. The standard InChI is InChI=1S/C18H21N3O4/c1-4-19-18(23)12-25-16-8-6-13(9-17(16)24-3)5-7-15(22)14-10-20-21(2)11-14/h5-11H,4,12H2,1-3H3,(H,19,23). The molecule has 7 heteroatoms. The minimum absolute atomic E-state index is 0.0844. The quantitative estimate of drug-likeness (QED) is 0.584. The number of nitrogens with zero attached hydrogens (tertiary/aromatic N) is 2. The molecule has 1 aromatic carbocycles. The minimum atomic E-state index is -0.199. The number of nitrogens with one attached hydrogen (secondary N) is 1. The van der Waals surface area contributed by atoms with Crippen LogP contribution in [0.3, 0.4) is 0 Å². The van der Waals surface area contributed by atoms with Crippen LogP contribution in [-0.4, -0.2) is 41.7 Å². The molecular weight excluding hydrogens is 322 g/mol. The first-order valence-corrected chi connectivity index (χ1v) is 7.82. The van der Waals surface area contributed by atoms with Gasteiger partial charge in [0.05, 0.1) is 18.9 Å². The van der Waals surface area contributed by atoms with Crippen LogP contribution in [0.15, 0.2) is 36.7 Å². The molecule has 25 heavy (non-hydrogen) atoms. The van der Waals surface area contributed by atoms with E-state index in [0.717, 1.165) is 5.56 Å². The number of methoxy groups -OCH3 is 1. The number of rotatable bonds is 8. The van der Waals surface area contributed by atoms with Gasteiger partial charge in [0.2, 0.25) is 0 Å². The summed E-state index contributed by atoms with van der Waals surface area (Å²) in [6.07, 6.45) is 6.34. The van der Waals surface area contributed by atoms with E-state index in [1.54, 1.807) is 42.2 Å². The number of hydrogen-bond acceptors (Lipinski definition) is 5. The number of carbonyl (C=O) groups is 2. The Labute approximate surface area is 146 Å². The van der Waals surface area contributed by atoms with Crippen LogP contribution < -0.4 is 14.8 Å². The number of benzene rings is 1. The molecule has 7 nitrogen and oxygen atoms in total. The molecule has 0 aliphatic rings. The number of carbonyl (C=O) groups excluding carboxylic acids is 2. The molecular formula is C18H21N3O4. The van der Waals surface area contributed by atoms with E-state index in [0.29, 0.717) is 23.6 Å². The molecule has 0 bridgehead atoms. The molecule has 0 saturated carbocycles. The van der Waals surface area contributed by atoms with Crippen LogP contribution in [0, 0.1) is 0 Å². The van der Waals surface area contributed by atoms with Gasteiger partial charge in [0.15, 0.2) is 23.9 Å². The van der Waals surface area contributed by atoms with Crippen molar-refractivity contribution in [1.82, 2.24) is 15.1 Å². The summed E-state index contributed by atoms with van der Waals surface area (Å²) in [6, 6.07) is 5.22. The summed E-state index contributed by atoms with van der Waals surface area (Å²) in [5.41, 5.74) is 1.30. The predicted octanol–water partition coefficient (Wildman–Crippen LogP) is 1.84. The summed E-state index contributed by atoms with van der Waals surface area (Å²) in [6.45, 7) is 2.30. The number of ketones is 1. The number of ether oxygens (including phenoxy) is 2. The first-order chi connectivity index (χ1) is 12.0. The molecule has 2 aromatic rings. The number of aryl methyl sites for hydroxylation is 1. The molecule has 1 amide bonds. The zero-order valence-electron chi connectivity index (χ0n) is 14.5. The highest BCUT2D eigenvalue weighted by atomic mass is 16.5. The molecule has 0 fully saturated rings. The molecule has 0 spiro atoms. The Hall–Kier alpha value is -3.09. The van der Waals surface area contributed by atoms with Crippen molar-refractivity contribution in [2.24, 2.45) is 7.05 Å². The average Bonchev–Trinajstić information content (AvgIpc) is 3.05. The Morgan fingerprint density at radius 1 is 1.32 bits per heavy atom. The first-order valence-electron chi connectivity index (χ1n) is 7.82. The Kier molecular flexibility index (Phi) is 6.33. The van der Waals surface area contributed by atoms with Gasteiger partial charge in [-0.2, -0.15) is 5.10 Å². The number of hydrogen-bond donors (Lipinski definition) is 1. The number of amides is 1.